The zero-order valence-corrected chi connectivity index (χ0v) is 17.4. The predicted molar refractivity (Wildman–Crippen MR) is 102 cm³/mol. The van der Waals surface area contributed by atoms with Crippen molar-refractivity contribution >= 4 is 13.6 Å². The number of quaternary nitrogens is 1. The van der Waals surface area contributed by atoms with E-state index >= 15 is 0 Å². The molecule has 0 rings (SSSR count). The summed E-state index contributed by atoms with van der Waals surface area (Å²) < 4.78 is 22.8. The quantitative estimate of drug-likeness (QED) is 0.154. The Bertz CT molecular complexity index is 445. The van der Waals surface area contributed by atoms with Crippen LogP contribution in [0.4, 0.5) is 0 Å². The van der Waals surface area contributed by atoms with E-state index in [1.165, 1.54) is 0 Å². The normalized spacial score (nSPS) is 14.1. The highest BCUT2D eigenvalue weighted by Gasteiger charge is 2.20. The Morgan fingerprint density at radius 3 is 2.04 bits per heavy atom. The fourth-order valence-electron chi connectivity index (χ4n) is 2.11. The van der Waals surface area contributed by atoms with Gasteiger partial charge in [-0.25, -0.2) is 4.79 Å². The second kappa shape index (κ2) is 12.6. The number of rotatable bonds is 15. The fraction of sp³-hybridized carbons (Fsp3) is 0.833. The molecule has 0 aliphatic carbocycles. The van der Waals surface area contributed by atoms with Crippen LogP contribution < -0.4 is 0 Å². The minimum Gasteiger partial charge on any atom is -0.462 e. The van der Waals surface area contributed by atoms with Crippen LogP contribution in [0.1, 0.15) is 51.9 Å². The second-order valence-corrected chi connectivity index (χ2v) is 9.58. The van der Waals surface area contributed by atoms with Gasteiger partial charge in [0.05, 0.1) is 27.7 Å². The van der Waals surface area contributed by atoms with Gasteiger partial charge in [0.2, 0.25) is 0 Å². The van der Waals surface area contributed by atoms with Crippen LogP contribution in [-0.4, -0.2) is 62.4 Å². The SMILES string of the molecule is C=C(C)C(=O)OCCCCCCCCCP(=O)(O)OCC[N+](C)(C)C. The Morgan fingerprint density at radius 2 is 1.52 bits per heavy atom. The first-order valence-corrected chi connectivity index (χ1v) is 10.9. The average Bonchev–Trinajstić information content (AvgIpc) is 2.47. The number of esters is 1. The van der Waals surface area contributed by atoms with E-state index in [2.05, 4.69) is 6.58 Å². The van der Waals surface area contributed by atoms with Crippen LogP contribution in [0.2, 0.25) is 0 Å². The first kappa shape index (κ1) is 24.3. The van der Waals surface area contributed by atoms with Crippen LogP contribution in [0.15, 0.2) is 12.2 Å². The Kier molecular flexibility index (Phi) is 12.3. The lowest BCUT2D eigenvalue weighted by Crippen LogP contribution is -2.37. The molecule has 0 aliphatic heterocycles. The molecule has 148 valence electrons. The molecule has 1 N–H and O–H groups in total. The summed E-state index contributed by atoms with van der Waals surface area (Å²) in [5.41, 5.74) is 0.433. The van der Waals surface area contributed by atoms with Gasteiger partial charge in [-0.2, -0.15) is 0 Å². The van der Waals surface area contributed by atoms with E-state index in [1.54, 1.807) is 6.92 Å². The van der Waals surface area contributed by atoms with Gasteiger partial charge >= 0.3 is 13.6 Å². The van der Waals surface area contributed by atoms with Crippen molar-refractivity contribution in [3.05, 3.63) is 12.2 Å². The lowest BCUT2D eigenvalue weighted by Gasteiger charge is -2.24. The Hall–Kier alpha value is -0.680. The number of likely N-dealkylation sites (N-methyl/N-ethyl adjacent to an activating group) is 1. The summed E-state index contributed by atoms with van der Waals surface area (Å²) in [7, 11) is 2.64. The topological polar surface area (TPSA) is 72.8 Å². The zero-order chi connectivity index (χ0) is 19.3. The molecule has 1 unspecified atom stereocenters. The summed E-state index contributed by atoms with van der Waals surface area (Å²) in [4.78, 5) is 20.9. The van der Waals surface area contributed by atoms with Gasteiger partial charge in [0.15, 0.2) is 0 Å². The number of carbonyl (C=O) groups is 1. The molecule has 0 aromatic carbocycles. The van der Waals surface area contributed by atoms with Gasteiger partial charge in [-0.15, -0.1) is 0 Å². The van der Waals surface area contributed by atoms with Crippen molar-refractivity contribution < 1.29 is 28.0 Å². The third-order valence-electron chi connectivity index (χ3n) is 3.72. The summed E-state index contributed by atoms with van der Waals surface area (Å²) >= 11 is 0. The monoisotopic (exact) mass is 378 g/mol. The van der Waals surface area contributed by atoms with E-state index in [9.17, 15) is 14.3 Å². The lowest BCUT2D eigenvalue weighted by molar-refractivity contribution is -0.870. The van der Waals surface area contributed by atoms with E-state index in [0.717, 1.165) is 38.5 Å². The summed E-state index contributed by atoms with van der Waals surface area (Å²) in [5.74, 6) is -0.322. The van der Waals surface area contributed by atoms with Crippen LogP contribution in [0.5, 0.6) is 0 Å². The minimum absolute atomic E-state index is 0.237. The van der Waals surface area contributed by atoms with Crippen molar-refractivity contribution in [2.75, 3.05) is 47.1 Å². The van der Waals surface area contributed by atoms with Gasteiger partial charge in [-0.1, -0.05) is 38.7 Å². The van der Waals surface area contributed by atoms with Crippen LogP contribution in [0.25, 0.3) is 0 Å². The second-order valence-electron chi connectivity index (χ2n) is 7.60. The largest absolute Gasteiger partial charge is 0.462 e. The van der Waals surface area contributed by atoms with Crippen molar-refractivity contribution in [3.8, 4) is 0 Å². The molecule has 7 heteroatoms. The van der Waals surface area contributed by atoms with Crippen molar-refractivity contribution in [1.82, 2.24) is 0 Å². The third-order valence-corrected chi connectivity index (χ3v) is 5.19. The fourth-order valence-corrected chi connectivity index (χ4v) is 3.23. The number of unbranched alkanes of at least 4 members (excludes halogenated alkanes) is 6. The molecule has 0 spiro atoms. The van der Waals surface area contributed by atoms with Crippen molar-refractivity contribution in [1.29, 1.82) is 0 Å². The summed E-state index contributed by atoms with van der Waals surface area (Å²) in [5, 5.41) is 0. The maximum absolute atomic E-state index is 11.9. The summed E-state index contributed by atoms with van der Waals surface area (Å²) in [6.45, 7) is 6.65. The Labute approximate surface area is 153 Å². The van der Waals surface area contributed by atoms with Gasteiger partial charge in [-0.05, 0) is 19.8 Å². The molecule has 0 bridgehead atoms. The number of hydrogen-bond acceptors (Lipinski definition) is 4. The van der Waals surface area contributed by atoms with Gasteiger partial charge in [0.1, 0.15) is 13.2 Å². The van der Waals surface area contributed by atoms with Crippen molar-refractivity contribution in [2.24, 2.45) is 0 Å². The molecule has 0 fully saturated rings. The van der Waals surface area contributed by atoms with E-state index in [0.29, 0.717) is 36.2 Å². The van der Waals surface area contributed by atoms with Gasteiger partial charge < -0.3 is 18.6 Å². The molecule has 0 saturated carbocycles. The first-order valence-electron chi connectivity index (χ1n) is 9.13. The average molecular weight is 378 g/mol. The van der Waals surface area contributed by atoms with E-state index < -0.39 is 7.60 Å². The molecule has 1 atom stereocenters. The molecule has 0 heterocycles. The predicted octanol–water partition coefficient (Wildman–Crippen LogP) is 3.74. The molecular weight excluding hydrogens is 341 g/mol. The lowest BCUT2D eigenvalue weighted by atomic mass is 10.1. The first-order chi connectivity index (χ1) is 11.5. The Balaban J connectivity index is 3.49. The number of ether oxygens (including phenoxy) is 1. The minimum atomic E-state index is -3.43. The molecule has 0 aliphatic rings. The molecule has 0 aromatic rings. The molecule has 6 nitrogen and oxygen atoms in total. The molecule has 25 heavy (non-hydrogen) atoms. The van der Waals surface area contributed by atoms with E-state index in [-0.39, 0.29) is 12.1 Å². The number of carbonyl (C=O) groups excluding carboxylic acids is 1. The van der Waals surface area contributed by atoms with Crippen molar-refractivity contribution in [2.45, 2.75) is 51.9 Å². The zero-order valence-electron chi connectivity index (χ0n) is 16.5. The number of hydrogen-bond donors (Lipinski definition) is 1. The van der Waals surface area contributed by atoms with Gasteiger partial charge in [0, 0.05) is 11.7 Å². The summed E-state index contributed by atoms with van der Waals surface area (Å²) in [6.07, 6.45) is 7.00. The van der Waals surface area contributed by atoms with Gasteiger partial charge in [0.25, 0.3) is 0 Å². The highest BCUT2D eigenvalue weighted by Crippen LogP contribution is 2.42. The van der Waals surface area contributed by atoms with Crippen LogP contribution in [0, 0.1) is 0 Å². The standard InChI is InChI=1S/C18H36NO5P/c1-17(2)18(20)23-14-11-9-7-6-8-10-12-16-25(21,22)24-15-13-19(3,4)5/h1,6-16H2,2-5H3/p+1. The molecular formula is C18H37NO5P+. The highest BCUT2D eigenvalue weighted by molar-refractivity contribution is 7.52. The maximum atomic E-state index is 11.9. The van der Waals surface area contributed by atoms with Crippen LogP contribution in [0.3, 0.4) is 0 Å². The smallest absolute Gasteiger partial charge is 0.333 e. The molecule has 0 saturated heterocycles. The highest BCUT2D eigenvalue weighted by atomic mass is 31.2. The maximum Gasteiger partial charge on any atom is 0.333 e. The van der Waals surface area contributed by atoms with Gasteiger partial charge in [-0.3, -0.25) is 4.57 Å². The van der Waals surface area contributed by atoms with E-state index in [1.807, 2.05) is 21.1 Å². The van der Waals surface area contributed by atoms with Crippen LogP contribution >= 0.6 is 7.60 Å². The third kappa shape index (κ3) is 16.5. The van der Waals surface area contributed by atoms with E-state index in [4.69, 9.17) is 9.26 Å². The summed E-state index contributed by atoms with van der Waals surface area (Å²) in [6, 6.07) is 0. The van der Waals surface area contributed by atoms with Crippen LogP contribution in [-0.2, 0) is 18.6 Å². The van der Waals surface area contributed by atoms with Crippen molar-refractivity contribution in [3.63, 3.8) is 0 Å². The molecule has 0 amide bonds. The molecule has 0 aromatic heterocycles. The Morgan fingerprint density at radius 1 is 1.00 bits per heavy atom. The number of nitrogens with zero attached hydrogens (tertiary/aromatic N) is 1. The molecule has 0 radical (unpaired) electrons.